The minimum atomic E-state index is 0.281. The molecule has 0 spiro atoms. The topological polar surface area (TPSA) is 32.3 Å². The van der Waals surface area contributed by atoms with Crippen molar-refractivity contribution >= 4 is 5.91 Å². The molecule has 1 heterocycles. The molecule has 98 valence electrons. The molecule has 1 aliphatic heterocycles. The standard InChI is InChI=1S/C15H22N2O/c1-12-3-5-14(6-4-12)7-8-15(18)17-10-9-16-13(2)11-17/h3-6,13,16H,7-11H2,1-2H3/t13-/m1/s1. The van der Waals surface area contributed by atoms with Crippen molar-refractivity contribution in [2.75, 3.05) is 19.6 Å². The largest absolute Gasteiger partial charge is 0.340 e. The number of hydrogen-bond acceptors (Lipinski definition) is 2. The van der Waals surface area contributed by atoms with Gasteiger partial charge in [-0.2, -0.15) is 0 Å². The van der Waals surface area contributed by atoms with Crippen LogP contribution in [0.25, 0.3) is 0 Å². The normalized spacial score (nSPS) is 19.9. The minimum absolute atomic E-state index is 0.281. The molecule has 3 heteroatoms. The maximum atomic E-state index is 12.1. The molecule has 3 nitrogen and oxygen atoms in total. The summed E-state index contributed by atoms with van der Waals surface area (Å²) in [6.45, 7) is 6.80. The number of amides is 1. The fourth-order valence-corrected chi connectivity index (χ4v) is 2.32. The summed E-state index contributed by atoms with van der Waals surface area (Å²) in [6.07, 6.45) is 1.47. The molecule has 1 N–H and O–H groups in total. The van der Waals surface area contributed by atoms with E-state index in [0.29, 0.717) is 12.5 Å². The highest BCUT2D eigenvalue weighted by molar-refractivity contribution is 5.76. The molecule has 0 radical (unpaired) electrons. The van der Waals surface area contributed by atoms with E-state index >= 15 is 0 Å². The van der Waals surface area contributed by atoms with E-state index < -0.39 is 0 Å². The number of rotatable bonds is 3. The van der Waals surface area contributed by atoms with Gasteiger partial charge in [0.25, 0.3) is 0 Å². The third-order valence-electron chi connectivity index (χ3n) is 3.47. The van der Waals surface area contributed by atoms with E-state index in [1.54, 1.807) is 0 Å². The van der Waals surface area contributed by atoms with Crippen molar-refractivity contribution in [1.29, 1.82) is 0 Å². The van der Waals surface area contributed by atoms with Crippen molar-refractivity contribution in [3.05, 3.63) is 35.4 Å². The Morgan fingerprint density at radius 1 is 1.39 bits per heavy atom. The van der Waals surface area contributed by atoms with Crippen molar-refractivity contribution in [1.82, 2.24) is 10.2 Å². The Balaban J connectivity index is 1.82. The summed E-state index contributed by atoms with van der Waals surface area (Å²) in [5, 5.41) is 3.35. The van der Waals surface area contributed by atoms with Crippen molar-refractivity contribution in [3.8, 4) is 0 Å². The van der Waals surface area contributed by atoms with Crippen molar-refractivity contribution in [2.24, 2.45) is 0 Å². The zero-order valence-electron chi connectivity index (χ0n) is 11.3. The van der Waals surface area contributed by atoms with Crippen molar-refractivity contribution < 1.29 is 4.79 Å². The molecule has 0 aromatic heterocycles. The first kappa shape index (κ1) is 13.1. The van der Waals surface area contributed by atoms with Crippen LogP contribution in [0.3, 0.4) is 0 Å². The lowest BCUT2D eigenvalue weighted by Crippen LogP contribution is -2.51. The van der Waals surface area contributed by atoms with Crippen LogP contribution < -0.4 is 5.32 Å². The molecule has 1 aromatic carbocycles. The van der Waals surface area contributed by atoms with Crippen LogP contribution in [0.2, 0.25) is 0 Å². The second-order valence-electron chi connectivity index (χ2n) is 5.18. The lowest BCUT2D eigenvalue weighted by atomic mass is 10.1. The summed E-state index contributed by atoms with van der Waals surface area (Å²) in [5.74, 6) is 0.281. The third-order valence-corrected chi connectivity index (χ3v) is 3.47. The first-order valence-corrected chi connectivity index (χ1v) is 6.72. The Morgan fingerprint density at radius 3 is 2.78 bits per heavy atom. The second-order valence-corrected chi connectivity index (χ2v) is 5.18. The van der Waals surface area contributed by atoms with Crippen LogP contribution in [0.4, 0.5) is 0 Å². The van der Waals surface area contributed by atoms with E-state index in [-0.39, 0.29) is 5.91 Å². The number of aryl methyl sites for hydroxylation is 2. The fourth-order valence-electron chi connectivity index (χ4n) is 2.32. The number of nitrogens with one attached hydrogen (secondary N) is 1. The van der Waals surface area contributed by atoms with Gasteiger partial charge in [-0.15, -0.1) is 0 Å². The highest BCUT2D eigenvalue weighted by Gasteiger charge is 2.19. The van der Waals surface area contributed by atoms with Gasteiger partial charge in [-0.05, 0) is 25.8 Å². The van der Waals surface area contributed by atoms with E-state index in [0.717, 1.165) is 26.1 Å². The molecule has 1 aliphatic rings. The Bertz CT molecular complexity index is 399. The molecule has 0 unspecified atom stereocenters. The summed E-state index contributed by atoms with van der Waals surface area (Å²) < 4.78 is 0. The first-order chi connectivity index (χ1) is 8.65. The highest BCUT2D eigenvalue weighted by atomic mass is 16.2. The predicted molar refractivity (Wildman–Crippen MR) is 73.5 cm³/mol. The maximum absolute atomic E-state index is 12.1. The van der Waals surface area contributed by atoms with Gasteiger partial charge in [0.2, 0.25) is 5.91 Å². The summed E-state index contributed by atoms with van der Waals surface area (Å²) in [6, 6.07) is 8.85. The molecule has 1 amide bonds. The van der Waals surface area contributed by atoms with Gasteiger partial charge in [0.15, 0.2) is 0 Å². The number of carbonyl (C=O) groups excluding carboxylic acids is 1. The van der Waals surface area contributed by atoms with Gasteiger partial charge in [0.1, 0.15) is 0 Å². The molecule has 2 rings (SSSR count). The molecule has 1 saturated heterocycles. The lowest BCUT2D eigenvalue weighted by molar-refractivity contribution is -0.132. The molecule has 0 bridgehead atoms. The van der Waals surface area contributed by atoms with Crippen LogP contribution in [-0.2, 0) is 11.2 Å². The maximum Gasteiger partial charge on any atom is 0.222 e. The molecule has 0 saturated carbocycles. The average Bonchev–Trinajstić information content (AvgIpc) is 2.38. The van der Waals surface area contributed by atoms with Gasteiger partial charge in [-0.3, -0.25) is 4.79 Å². The van der Waals surface area contributed by atoms with Crippen LogP contribution in [-0.4, -0.2) is 36.5 Å². The second kappa shape index (κ2) is 6.01. The summed E-state index contributed by atoms with van der Waals surface area (Å²) in [4.78, 5) is 14.1. The Labute approximate surface area is 109 Å². The number of piperazine rings is 1. The predicted octanol–water partition coefficient (Wildman–Crippen LogP) is 1.75. The van der Waals surface area contributed by atoms with Gasteiger partial charge in [-0.25, -0.2) is 0 Å². The third kappa shape index (κ3) is 3.57. The van der Waals surface area contributed by atoms with Crippen LogP contribution in [0.5, 0.6) is 0 Å². The fraction of sp³-hybridized carbons (Fsp3) is 0.533. The number of hydrogen-bond donors (Lipinski definition) is 1. The van der Waals surface area contributed by atoms with E-state index in [1.807, 2.05) is 4.90 Å². The van der Waals surface area contributed by atoms with Crippen LogP contribution >= 0.6 is 0 Å². The highest BCUT2D eigenvalue weighted by Crippen LogP contribution is 2.08. The van der Waals surface area contributed by atoms with Gasteiger partial charge >= 0.3 is 0 Å². The molecule has 1 fully saturated rings. The Hall–Kier alpha value is -1.35. The molecule has 1 atom stereocenters. The molecular weight excluding hydrogens is 224 g/mol. The molecule has 0 aliphatic carbocycles. The van der Waals surface area contributed by atoms with Crippen LogP contribution in [0.15, 0.2) is 24.3 Å². The van der Waals surface area contributed by atoms with Gasteiger partial charge in [0.05, 0.1) is 0 Å². The van der Waals surface area contributed by atoms with Gasteiger partial charge < -0.3 is 10.2 Å². The first-order valence-electron chi connectivity index (χ1n) is 6.72. The molecule has 1 aromatic rings. The van der Waals surface area contributed by atoms with E-state index in [1.165, 1.54) is 11.1 Å². The Morgan fingerprint density at radius 2 is 2.11 bits per heavy atom. The van der Waals surface area contributed by atoms with Crippen LogP contribution in [0.1, 0.15) is 24.5 Å². The number of carbonyl (C=O) groups is 1. The summed E-state index contributed by atoms with van der Waals surface area (Å²) >= 11 is 0. The zero-order chi connectivity index (χ0) is 13.0. The molecular formula is C15H22N2O. The Kier molecular flexibility index (Phi) is 4.37. The van der Waals surface area contributed by atoms with Crippen molar-refractivity contribution in [2.45, 2.75) is 32.7 Å². The van der Waals surface area contributed by atoms with E-state index in [2.05, 4.69) is 43.4 Å². The zero-order valence-corrected chi connectivity index (χ0v) is 11.3. The van der Waals surface area contributed by atoms with E-state index in [4.69, 9.17) is 0 Å². The summed E-state index contributed by atoms with van der Waals surface area (Å²) in [7, 11) is 0. The van der Waals surface area contributed by atoms with Crippen LogP contribution in [0, 0.1) is 6.92 Å². The monoisotopic (exact) mass is 246 g/mol. The van der Waals surface area contributed by atoms with E-state index in [9.17, 15) is 4.79 Å². The van der Waals surface area contributed by atoms with Crippen molar-refractivity contribution in [3.63, 3.8) is 0 Å². The summed E-state index contributed by atoms with van der Waals surface area (Å²) in [5.41, 5.74) is 2.51. The lowest BCUT2D eigenvalue weighted by Gasteiger charge is -2.32. The number of nitrogens with zero attached hydrogens (tertiary/aromatic N) is 1. The number of benzene rings is 1. The average molecular weight is 246 g/mol. The smallest absolute Gasteiger partial charge is 0.222 e. The quantitative estimate of drug-likeness (QED) is 0.881. The SMILES string of the molecule is Cc1ccc(CCC(=O)N2CCN[C@H](C)C2)cc1. The molecule has 18 heavy (non-hydrogen) atoms. The van der Waals surface area contributed by atoms with Gasteiger partial charge in [0, 0.05) is 32.1 Å². The minimum Gasteiger partial charge on any atom is -0.340 e. The van der Waals surface area contributed by atoms with Gasteiger partial charge in [-0.1, -0.05) is 29.8 Å².